The highest BCUT2D eigenvalue weighted by atomic mass is 19.1. The Hall–Kier alpha value is -1.69. The van der Waals surface area contributed by atoms with Gasteiger partial charge in [-0.3, -0.25) is 4.79 Å². The Morgan fingerprint density at radius 1 is 1.24 bits per heavy atom. The molecule has 0 heterocycles. The molecule has 0 aromatic heterocycles. The van der Waals surface area contributed by atoms with Crippen molar-refractivity contribution in [2.24, 2.45) is 11.8 Å². The van der Waals surface area contributed by atoms with E-state index in [-0.39, 0.29) is 29.7 Å². The van der Waals surface area contributed by atoms with Crippen molar-refractivity contribution in [2.75, 3.05) is 18.9 Å². The van der Waals surface area contributed by atoms with Gasteiger partial charge in [0.2, 0.25) is 0 Å². The summed E-state index contributed by atoms with van der Waals surface area (Å²) >= 11 is 0. The lowest BCUT2D eigenvalue weighted by atomic mass is 9.79. The van der Waals surface area contributed by atoms with Crippen molar-refractivity contribution < 1.29 is 18.7 Å². The fourth-order valence-electron chi connectivity index (χ4n) is 2.85. The Balaban J connectivity index is 2.00. The molecule has 2 atom stereocenters. The van der Waals surface area contributed by atoms with Gasteiger partial charge < -0.3 is 16.2 Å². The third-order valence-corrected chi connectivity index (χ3v) is 4.16. The predicted molar refractivity (Wildman–Crippen MR) is 75.6 cm³/mol. The second-order valence-corrected chi connectivity index (χ2v) is 5.55. The van der Waals surface area contributed by atoms with Crippen LogP contribution in [0.1, 0.15) is 36.0 Å². The topological polar surface area (TPSA) is 75.4 Å². The maximum absolute atomic E-state index is 13.6. The van der Waals surface area contributed by atoms with Crippen LogP contribution in [-0.4, -0.2) is 24.2 Å². The van der Waals surface area contributed by atoms with E-state index in [1.807, 2.05) is 0 Å². The predicted octanol–water partition coefficient (Wildman–Crippen LogP) is 2.08. The van der Waals surface area contributed by atoms with Gasteiger partial charge in [0, 0.05) is 19.2 Å². The summed E-state index contributed by atoms with van der Waals surface area (Å²) in [6.45, 7) is 0.471. The third-order valence-electron chi connectivity index (χ3n) is 4.16. The van der Waals surface area contributed by atoms with Crippen LogP contribution in [0, 0.1) is 23.5 Å². The van der Waals surface area contributed by atoms with Gasteiger partial charge in [-0.05, 0) is 30.7 Å². The maximum Gasteiger partial charge on any atom is 0.254 e. The SMILES string of the molecule is Nc1cc(C(=O)NCC2CCCCC2CO)c(F)cc1F. The Morgan fingerprint density at radius 2 is 1.90 bits per heavy atom. The van der Waals surface area contributed by atoms with E-state index in [0.29, 0.717) is 12.6 Å². The summed E-state index contributed by atoms with van der Waals surface area (Å²) in [6, 6.07) is 1.62. The van der Waals surface area contributed by atoms with E-state index < -0.39 is 17.5 Å². The molecule has 21 heavy (non-hydrogen) atoms. The molecule has 0 aliphatic heterocycles. The van der Waals surface area contributed by atoms with Crippen molar-refractivity contribution in [1.82, 2.24) is 5.32 Å². The van der Waals surface area contributed by atoms with E-state index in [9.17, 15) is 18.7 Å². The molecule has 1 aliphatic carbocycles. The second kappa shape index (κ2) is 6.85. The zero-order valence-electron chi connectivity index (χ0n) is 11.7. The maximum atomic E-state index is 13.6. The van der Waals surface area contributed by atoms with Crippen LogP contribution in [0.5, 0.6) is 0 Å². The number of nitrogen functional groups attached to an aromatic ring is 1. The van der Waals surface area contributed by atoms with Crippen molar-refractivity contribution in [2.45, 2.75) is 25.7 Å². The summed E-state index contributed by atoms with van der Waals surface area (Å²) in [7, 11) is 0. The molecule has 4 N–H and O–H groups in total. The number of anilines is 1. The van der Waals surface area contributed by atoms with Gasteiger partial charge in [-0.2, -0.15) is 0 Å². The van der Waals surface area contributed by atoms with Crippen molar-refractivity contribution in [1.29, 1.82) is 0 Å². The number of rotatable bonds is 4. The Bertz CT molecular complexity index is 523. The van der Waals surface area contributed by atoms with E-state index in [1.54, 1.807) is 0 Å². The van der Waals surface area contributed by atoms with E-state index in [0.717, 1.165) is 31.7 Å². The highest BCUT2D eigenvalue weighted by molar-refractivity contribution is 5.95. The van der Waals surface area contributed by atoms with Crippen molar-refractivity contribution in [3.8, 4) is 0 Å². The zero-order valence-corrected chi connectivity index (χ0v) is 11.7. The first-order valence-corrected chi connectivity index (χ1v) is 7.16. The lowest BCUT2D eigenvalue weighted by molar-refractivity contribution is 0.0905. The molecule has 1 saturated carbocycles. The quantitative estimate of drug-likeness (QED) is 0.745. The summed E-state index contributed by atoms with van der Waals surface area (Å²) in [6.07, 6.45) is 4.02. The van der Waals surface area contributed by atoms with Crippen LogP contribution in [0.2, 0.25) is 0 Å². The molecule has 1 amide bonds. The molecule has 0 radical (unpaired) electrons. The molecule has 0 bridgehead atoms. The highest BCUT2D eigenvalue weighted by Gasteiger charge is 2.25. The molecule has 1 aliphatic rings. The summed E-state index contributed by atoms with van der Waals surface area (Å²) < 4.78 is 26.7. The van der Waals surface area contributed by atoms with E-state index in [2.05, 4.69) is 5.32 Å². The average Bonchev–Trinajstić information content (AvgIpc) is 2.48. The van der Waals surface area contributed by atoms with Crippen molar-refractivity contribution >= 4 is 11.6 Å². The fraction of sp³-hybridized carbons (Fsp3) is 0.533. The number of halogens is 2. The number of aliphatic hydroxyl groups is 1. The van der Waals surface area contributed by atoms with Gasteiger partial charge in [-0.15, -0.1) is 0 Å². The number of hydrogen-bond acceptors (Lipinski definition) is 3. The number of hydrogen-bond donors (Lipinski definition) is 3. The lowest BCUT2D eigenvalue weighted by Gasteiger charge is -2.30. The summed E-state index contributed by atoms with van der Waals surface area (Å²) in [5.74, 6) is -2.06. The molecular weight excluding hydrogens is 278 g/mol. The third kappa shape index (κ3) is 3.69. The van der Waals surface area contributed by atoms with E-state index >= 15 is 0 Å². The molecule has 1 aromatic rings. The molecule has 1 fully saturated rings. The number of benzene rings is 1. The Morgan fingerprint density at radius 3 is 2.57 bits per heavy atom. The summed E-state index contributed by atoms with van der Waals surface area (Å²) in [5, 5.41) is 12.0. The van der Waals surface area contributed by atoms with Gasteiger partial charge in [0.25, 0.3) is 5.91 Å². The van der Waals surface area contributed by atoms with Crippen LogP contribution in [0.3, 0.4) is 0 Å². The molecule has 0 spiro atoms. The normalized spacial score (nSPS) is 22.0. The van der Waals surface area contributed by atoms with Crippen LogP contribution in [-0.2, 0) is 0 Å². The van der Waals surface area contributed by atoms with Gasteiger partial charge >= 0.3 is 0 Å². The molecular formula is C15H20F2N2O2. The van der Waals surface area contributed by atoms with Gasteiger partial charge in [0.05, 0.1) is 11.3 Å². The largest absolute Gasteiger partial charge is 0.396 e. The lowest BCUT2D eigenvalue weighted by Crippen LogP contribution is -2.35. The van der Waals surface area contributed by atoms with Crippen LogP contribution in [0.15, 0.2) is 12.1 Å². The van der Waals surface area contributed by atoms with Gasteiger partial charge in [-0.1, -0.05) is 12.8 Å². The number of carbonyl (C=O) groups excluding carboxylic acids is 1. The minimum absolute atomic E-state index is 0.0956. The fourth-order valence-corrected chi connectivity index (χ4v) is 2.85. The second-order valence-electron chi connectivity index (χ2n) is 5.55. The van der Waals surface area contributed by atoms with Crippen LogP contribution < -0.4 is 11.1 Å². The van der Waals surface area contributed by atoms with E-state index in [1.165, 1.54) is 0 Å². The van der Waals surface area contributed by atoms with Crippen molar-refractivity contribution in [3.63, 3.8) is 0 Å². The van der Waals surface area contributed by atoms with Gasteiger partial charge in [0.1, 0.15) is 11.6 Å². The number of nitrogens with two attached hydrogens (primary N) is 1. The molecule has 0 saturated heterocycles. The van der Waals surface area contributed by atoms with Gasteiger partial charge in [0.15, 0.2) is 0 Å². The highest BCUT2D eigenvalue weighted by Crippen LogP contribution is 2.29. The van der Waals surface area contributed by atoms with Gasteiger partial charge in [-0.25, -0.2) is 8.78 Å². The summed E-state index contributed by atoms with van der Waals surface area (Å²) in [4.78, 5) is 12.0. The standard InChI is InChI=1S/C15H20F2N2O2/c16-12-6-13(17)14(18)5-11(12)15(21)19-7-9-3-1-2-4-10(9)8-20/h5-6,9-10,20H,1-4,7-8,18H2,(H,19,21). The molecule has 1 aromatic carbocycles. The van der Waals surface area contributed by atoms with Crippen LogP contribution >= 0.6 is 0 Å². The zero-order chi connectivity index (χ0) is 15.4. The average molecular weight is 298 g/mol. The number of carbonyl (C=O) groups is 1. The Kier molecular flexibility index (Phi) is 5.12. The number of nitrogens with one attached hydrogen (secondary N) is 1. The molecule has 2 rings (SSSR count). The van der Waals surface area contributed by atoms with Crippen LogP contribution in [0.4, 0.5) is 14.5 Å². The number of amides is 1. The minimum atomic E-state index is -0.929. The van der Waals surface area contributed by atoms with Crippen molar-refractivity contribution in [3.05, 3.63) is 29.3 Å². The van der Waals surface area contributed by atoms with Crippen LogP contribution in [0.25, 0.3) is 0 Å². The first-order valence-electron chi connectivity index (χ1n) is 7.16. The Labute approximate surface area is 122 Å². The molecule has 2 unspecified atom stereocenters. The molecule has 4 nitrogen and oxygen atoms in total. The number of aliphatic hydroxyl groups excluding tert-OH is 1. The molecule has 116 valence electrons. The molecule has 6 heteroatoms. The first-order chi connectivity index (χ1) is 10.0. The van der Waals surface area contributed by atoms with E-state index in [4.69, 9.17) is 5.73 Å². The first kappa shape index (κ1) is 15.7. The summed E-state index contributed by atoms with van der Waals surface area (Å²) in [5.41, 5.74) is 4.84. The monoisotopic (exact) mass is 298 g/mol. The smallest absolute Gasteiger partial charge is 0.254 e. The minimum Gasteiger partial charge on any atom is -0.396 e.